The van der Waals surface area contributed by atoms with Crippen LogP contribution in [0.2, 0.25) is 10.0 Å². The third-order valence-electron chi connectivity index (χ3n) is 3.37. The zero-order chi connectivity index (χ0) is 18.0. The lowest BCUT2D eigenvalue weighted by Crippen LogP contribution is -2.11. The predicted molar refractivity (Wildman–Crippen MR) is 95.5 cm³/mol. The molecule has 0 aliphatic carbocycles. The van der Waals surface area contributed by atoms with Gasteiger partial charge >= 0.3 is 5.97 Å². The monoisotopic (exact) mass is 375 g/mol. The number of halogens is 2. The van der Waals surface area contributed by atoms with E-state index >= 15 is 0 Å². The van der Waals surface area contributed by atoms with Gasteiger partial charge in [-0.3, -0.25) is 4.79 Å². The first kappa shape index (κ1) is 17.1. The Labute approximate surface area is 152 Å². The van der Waals surface area contributed by atoms with Crippen LogP contribution in [0.15, 0.2) is 59.0 Å². The summed E-state index contributed by atoms with van der Waals surface area (Å²) in [5.41, 5.74) is 1.25. The van der Waals surface area contributed by atoms with E-state index in [1.807, 2.05) is 0 Å². The summed E-state index contributed by atoms with van der Waals surface area (Å²) >= 11 is 11.9. The number of carbonyl (C=O) groups excluding carboxylic acids is 1. The number of carbonyl (C=O) groups is 2. The molecule has 0 spiro atoms. The maximum atomic E-state index is 12.2. The van der Waals surface area contributed by atoms with Crippen LogP contribution in [0, 0.1) is 0 Å². The first-order valence-electron chi connectivity index (χ1n) is 7.13. The molecule has 2 aromatic carbocycles. The highest BCUT2D eigenvalue weighted by Crippen LogP contribution is 2.28. The number of hydrogen-bond acceptors (Lipinski definition) is 3. The predicted octanol–water partition coefficient (Wildman–Crippen LogP) is 5.20. The summed E-state index contributed by atoms with van der Waals surface area (Å²) in [5, 5.41) is 12.4. The fourth-order valence-corrected chi connectivity index (χ4v) is 2.73. The number of amides is 1. The van der Waals surface area contributed by atoms with Gasteiger partial charge < -0.3 is 14.8 Å². The number of aromatic carboxylic acids is 1. The Morgan fingerprint density at radius 3 is 2.16 bits per heavy atom. The van der Waals surface area contributed by atoms with Gasteiger partial charge in [0.15, 0.2) is 5.76 Å². The summed E-state index contributed by atoms with van der Waals surface area (Å²) in [5.74, 6) is -0.930. The highest BCUT2D eigenvalue weighted by Gasteiger charge is 2.13. The van der Waals surface area contributed by atoms with E-state index in [1.165, 1.54) is 30.3 Å². The molecule has 0 aliphatic rings. The molecular formula is C18H11Cl2NO4. The lowest BCUT2D eigenvalue weighted by Gasteiger charge is -2.04. The third-order valence-corrected chi connectivity index (χ3v) is 3.80. The standard InChI is InChI=1S/C18H11Cl2NO4/c19-12-7-11(8-13(20)9-12)15-5-6-16(25-15)17(22)21-14-3-1-10(2-4-14)18(23)24/h1-9H,(H,21,22)(H,23,24). The first-order valence-corrected chi connectivity index (χ1v) is 7.89. The molecule has 0 unspecified atom stereocenters. The molecule has 3 rings (SSSR count). The fraction of sp³-hybridized carbons (Fsp3) is 0. The van der Waals surface area contributed by atoms with E-state index in [2.05, 4.69) is 5.32 Å². The van der Waals surface area contributed by atoms with Crippen molar-refractivity contribution in [1.82, 2.24) is 0 Å². The molecule has 0 atom stereocenters. The van der Waals surface area contributed by atoms with Gasteiger partial charge in [0.1, 0.15) is 5.76 Å². The van der Waals surface area contributed by atoms with Gasteiger partial charge in [-0.05, 0) is 54.6 Å². The van der Waals surface area contributed by atoms with Gasteiger partial charge in [-0.15, -0.1) is 0 Å². The number of hydrogen-bond donors (Lipinski definition) is 2. The van der Waals surface area contributed by atoms with Crippen LogP contribution in [0.5, 0.6) is 0 Å². The Morgan fingerprint density at radius 1 is 0.920 bits per heavy atom. The maximum absolute atomic E-state index is 12.2. The van der Waals surface area contributed by atoms with E-state index in [0.717, 1.165) is 0 Å². The van der Waals surface area contributed by atoms with E-state index in [0.29, 0.717) is 27.1 Å². The van der Waals surface area contributed by atoms with Gasteiger partial charge in [-0.1, -0.05) is 23.2 Å². The molecule has 0 bridgehead atoms. The van der Waals surface area contributed by atoms with Crippen molar-refractivity contribution in [3.63, 3.8) is 0 Å². The Balaban J connectivity index is 1.77. The van der Waals surface area contributed by atoms with Crippen LogP contribution in [0.4, 0.5) is 5.69 Å². The van der Waals surface area contributed by atoms with E-state index in [4.69, 9.17) is 32.7 Å². The van der Waals surface area contributed by atoms with Crippen molar-refractivity contribution in [2.24, 2.45) is 0 Å². The smallest absolute Gasteiger partial charge is 0.335 e. The second-order valence-electron chi connectivity index (χ2n) is 5.16. The lowest BCUT2D eigenvalue weighted by molar-refractivity contribution is 0.0696. The normalized spacial score (nSPS) is 10.5. The van der Waals surface area contributed by atoms with Crippen LogP contribution in [-0.2, 0) is 0 Å². The Bertz CT molecular complexity index is 928. The van der Waals surface area contributed by atoms with Gasteiger partial charge in [0.05, 0.1) is 5.56 Å². The highest BCUT2D eigenvalue weighted by molar-refractivity contribution is 6.35. The molecule has 7 heteroatoms. The third kappa shape index (κ3) is 4.02. The van der Waals surface area contributed by atoms with Crippen molar-refractivity contribution >= 4 is 40.8 Å². The average molecular weight is 376 g/mol. The van der Waals surface area contributed by atoms with Crippen molar-refractivity contribution in [2.75, 3.05) is 5.32 Å². The number of anilines is 1. The SMILES string of the molecule is O=C(O)c1ccc(NC(=O)c2ccc(-c3cc(Cl)cc(Cl)c3)o2)cc1. The van der Waals surface area contributed by atoms with Crippen LogP contribution in [-0.4, -0.2) is 17.0 Å². The zero-order valence-corrected chi connectivity index (χ0v) is 14.1. The van der Waals surface area contributed by atoms with Crippen molar-refractivity contribution in [2.45, 2.75) is 0 Å². The molecule has 1 heterocycles. The summed E-state index contributed by atoms with van der Waals surface area (Å²) < 4.78 is 5.55. The summed E-state index contributed by atoms with van der Waals surface area (Å²) in [7, 11) is 0. The number of carboxylic acids is 1. The quantitative estimate of drug-likeness (QED) is 0.656. The number of nitrogens with one attached hydrogen (secondary N) is 1. The van der Waals surface area contributed by atoms with Crippen LogP contribution in [0.25, 0.3) is 11.3 Å². The Morgan fingerprint density at radius 2 is 1.56 bits per heavy atom. The van der Waals surface area contributed by atoms with Gasteiger partial charge in [-0.2, -0.15) is 0 Å². The summed E-state index contributed by atoms with van der Waals surface area (Å²) in [6.07, 6.45) is 0. The van der Waals surface area contributed by atoms with Gasteiger partial charge in [0, 0.05) is 21.3 Å². The molecule has 1 aromatic heterocycles. The van der Waals surface area contributed by atoms with E-state index in [1.54, 1.807) is 24.3 Å². The average Bonchev–Trinajstić information content (AvgIpc) is 3.04. The minimum atomic E-state index is -1.03. The summed E-state index contributed by atoms with van der Waals surface area (Å²) in [4.78, 5) is 23.1. The molecule has 3 aromatic rings. The highest BCUT2D eigenvalue weighted by atomic mass is 35.5. The molecular weight excluding hydrogens is 365 g/mol. The lowest BCUT2D eigenvalue weighted by atomic mass is 10.2. The Hall–Kier alpha value is -2.76. The van der Waals surface area contributed by atoms with Crippen molar-refractivity contribution < 1.29 is 19.1 Å². The summed E-state index contributed by atoms with van der Waals surface area (Å²) in [6.45, 7) is 0. The van der Waals surface area contributed by atoms with E-state index in [9.17, 15) is 9.59 Å². The minimum absolute atomic E-state index is 0.105. The second-order valence-corrected chi connectivity index (χ2v) is 6.03. The topological polar surface area (TPSA) is 79.5 Å². The molecule has 0 saturated heterocycles. The largest absolute Gasteiger partial charge is 0.478 e. The minimum Gasteiger partial charge on any atom is -0.478 e. The van der Waals surface area contributed by atoms with Crippen LogP contribution in [0.3, 0.4) is 0 Å². The van der Waals surface area contributed by atoms with E-state index in [-0.39, 0.29) is 11.3 Å². The van der Waals surface area contributed by atoms with E-state index < -0.39 is 11.9 Å². The number of furan rings is 1. The molecule has 126 valence electrons. The van der Waals surface area contributed by atoms with Crippen molar-refractivity contribution in [3.05, 3.63) is 76.0 Å². The molecule has 0 radical (unpaired) electrons. The van der Waals surface area contributed by atoms with Gasteiger partial charge in [0.2, 0.25) is 0 Å². The van der Waals surface area contributed by atoms with Crippen LogP contribution >= 0.6 is 23.2 Å². The van der Waals surface area contributed by atoms with Crippen molar-refractivity contribution in [1.29, 1.82) is 0 Å². The number of benzene rings is 2. The molecule has 25 heavy (non-hydrogen) atoms. The molecule has 0 saturated carbocycles. The number of carboxylic acid groups (broad SMARTS) is 1. The summed E-state index contributed by atoms with van der Waals surface area (Å²) in [6, 6.07) is 13.9. The van der Waals surface area contributed by atoms with Gasteiger partial charge in [0.25, 0.3) is 5.91 Å². The Kier molecular flexibility index (Phi) is 4.79. The molecule has 1 amide bonds. The number of rotatable bonds is 4. The first-order chi connectivity index (χ1) is 11.9. The molecule has 2 N–H and O–H groups in total. The molecule has 5 nitrogen and oxygen atoms in total. The van der Waals surface area contributed by atoms with Crippen molar-refractivity contribution in [3.8, 4) is 11.3 Å². The van der Waals surface area contributed by atoms with Crippen LogP contribution < -0.4 is 5.32 Å². The van der Waals surface area contributed by atoms with Crippen LogP contribution in [0.1, 0.15) is 20.9 Å². The second kappa shape index (κ2) is 7.01. The fourth-order valence-electron chi connectivity index (χ4n) is 2.20. The maximum Gasteiger partial charge on any atom is 0.335 e. The van der Waals surface area contributed by atoms with Gasteiger partial charge in [-0.25, -0.2) is 4.79 Å². The zero-order valence-electron chi connectivity index (χ0n) is 12.6. The molecule has 0 fully saturated rings. The molecule has 0 aliphatic heterocycles.